The van der Waals surface area contributed by atoms with E-state index in [1.54, 1.807) is 12.4 Å². The monoisotopic (exact) mass is 270 g/mol. The van der Waals surface area contributed by atoms with Crippen molar-refractivity contribution < 1.29 is 27.4 Å². The van der Waals surface area contributed by atoms with E-state index in [0.717, 1.165) is 0 Å². The Morgan fingerprint density at radius 1 is 1.50 bits per heavy atom. The number of amides is 1. The molecule has 1 aliphatic rings. The lowest BCUT2D eigenvalue weighted by molar-refractivity contribution is -0.138. The molecule has 0 aromatic rings. The molecule has 1 saturated heterocycles. The first-order chi connectivity index (χ1) is 8.37. The van der Waals surface area contributed by atoms with Crippen LogP contribution in [0, 0.1) is 0 Å². The van der Waals surface area contributed by atoms with Gasteiger partial charge in [-0.3, -0.25) is 4.79 Å². The molecule has 0 bridgehead atoms. The van der Waals surface area contributed by atoms with Crippen LogP contribution in [0.2, 0.25) is 0 Å². The van der Waals surface area contributed by atoms with E-state index in [-0.39, 0.29) is 6.54 Å². The summed E-state index contributed by atoms with van der Waals surface area (Å²) in [5.74, 6) is -0.697. The van der Waals surface area contributed by atoms with Gasteiger partial charge in [0.15, 0.2) is 0 Å². The number of nitrogens with one attached hydrogen (secondary N) is 2. The predicted molar refractivity (Wildman–Crippen MR) is 57.1 cm³/mol. The summed E-state index contributed by atoms with van der Waals surface area (Å²) in [5, 5.41) is 4.55. The summed E-state index contributed by atoms with van der Waals surface area (Å²) in [5.41, 5.74) is -0.482. The maximum absolute atomic E-state index is 11.8. The lowest BCUT2D eigenvalue weighted by atomic mass is 10.0. The summed E-state index contributed by atoms with van der Waals surface area (Å²) < 4.78 is 46.0. The Bertz CT molecular complexity index is 278. The van der Waals surface area contributed by atoms with Gasteiger partial charge in [0.1, 0.15) is 12.1 Å². The molecule has 106 valence electrons. The summed E-state index contributed by atoms with van der Waals surface area (Å²) in [7, 11) is 1.54. The molecule has 1 unspecified atom stereocenters. The van der Waals surface area contributed by atoms with Gasteiger partial charge < -0.3 is 20.1 Å². The van der Waals surface area contributed by atoms with Crippen molar-refractivity contribution in [3.8, 4) is 0 Å². The van der Waals surface area contributed by atoms with E-state index in [9.17, 15) is 18.0 Å². The molecule has 1 rings (SSSR count). The first kappa shape index (κ1) is 15.2. The minimum Gasteiger partial charge on any atom is -0.378 e. The van der Waals surface area contributed by atoms with Crippen LogP contribution in [0.3, 0.4) is 0 Å². The first-order valence-corrected chi connectivity index (χ1v) is 5.54. The van der Waals surface area contributed by atoms with E-state index >= 15 is 0 Å². The number of carbonyl (C=O) groups excluding carboxylic acids is 1. The number of hydrogen-bond acceptors (Lipinski definition) is 4. The normalized spacial score (nSPS) is 24.2. The second-order valence-corrected chi connectivity index (χ2v) is 4.19. The Hall–Kier alpha value is -0.860. The molecule has 1 fully saturated rings. The number of halogens is 3. The summed E-state index contributed by atoms with van der Waals surface area (Å²) in [6, 6.07) is 0. The van der Waals surface area contributed by atoms with Crippen molar-refractivity contribution in [2.24, 2.45) is 0 Å². The van der Waals surface area contributed by atoms with Crippen LogP contribution < -0.4 is 10.6 Å². The molecule has 1 atom stereocenters. The van der Waals surface area contributed by atoms with Crippen molar-refractivity contribution >= 4 is 5.91 Å². The SMILES string of the molecule is COC1(CNCC(=O)NCC(F)(F)F)CCOC1. The van der Waals surface area contributed by atoms with Gasteiger partial charge in [0.05, 0.1) is 13.2 Å². The molecule has 1 heterocycles. The summed E-state index contributed by atoms with van der Waals surface area (Å²) >= 11 is 0. The first-order valence-electron chi connectivity index (χ1n) is 5.54. The predicted octanol–water partition coefficient (Wildman–Crippen LogP) is 0.0600. The van der Waals surface area contributed by atoms with Gasteiger partial charge in [0, 0.05) is 26.7 Å². The summed E-state index contributed by atoms with van der Waals surface area (Å²) in [4.78, 5) is 11.1. The van der Waals surface area contributed by atoms with Gasteiger partial charge in [0.25, 0.3) is 0 Å². The maximum atomic E-state index is 11.8. The minimum atomic E-state index is -4.39. The fourth-order valence-corrected chi connectivity index (χ4v) is 1.63. The molecule has 5 nitrogen and oxygen atoms in total. The van der Waals surface area contributed by atoms with E-state index < -0.39 is 24.2 Å². The molecule has 8 heteroatoms. The smallest absolute Gasteiger partial charge is 0.378 e. The van der Waals surface area contributed by atoms with E-state index in [2.05, 4.69) is 5.32 Å². The van der Waals surface area contributed by atoms with Gasteiger partial charge in [0.2, 0.25) is 5.91 Å². The highest BCUT2D eigenvalue weighted by Crippen LogP contribution is 2.21. The second-order valence-electron chi connectivity index (χ2n) is 4.19. The van der Waals surface area contributed by atoms with Crippen molar-refractivity contribution in [2.75, 3.05) is 40.0 Å². The van der Waals surface area contributed by atoms with Crippen molar-refractivity contribution in [3.63, 3.8) is 0 Å². The fraction of sp³-hybridized carbons (Fsp3) is 0.900. The second kappa shape index (κ2) is 6.35. The number of hydrogen-bond donors (Lipinski definition) is 2. The van der Waals surface area contributed by atoms with Crippen LogP contribution in [0.25, 0.3) is 0 Å². The molecule has 0 saturated carbocycles. The quantitative estimate of drug-likeness (QED) is 0.716. The van der Waals surface area contributed by atoms with Crippen LogP contribution in [-0.2, 0) is 14.3 Å². The van der Waals surface area contributed by atoms with Crippen LogP contribution in [0.1, 0.15) is 6.42 Å². The van der Waals surface area contributed by atoms with Gasteiger partial charge >= 0.3 is 6.18 Å². The van der Waals surface area contributed by atoms with Crippen molar-refractivity contribution in [3.05, 3.63) is 0 Å². The number of ether oxygens (including phenoxy) is 2. The molecule has 1 amide bonds. The van der Waals surface area contributed by atoms with E-state index in [0.29, 0.717) is 26.2 Å². The lowest BCUT2D eigenvalue weighted by Gasteiger charge is -2.25. The van der Waals surface area contributed by atoms with Gasteiger partial charge in [-0.1, -0.05) is 0 Å². The molecule has 0 aromatic carbocycles. The van der Waals surface area contributed by atoms with Gasteiger partial charge in [-0.05, 0) is 0 Å². The summed E-state index contributed by atoms with van der Waals surface area (Å²) in [6.45, 7) is -0.132. The van der Waals surface area contributed by atoms with E-state index in [1.165, 1.54) is 0 Å². The average Bonchev–Trinajstić information content (AvgIpc) is 2.75. The van der Waals surface area contributed by atoms with Crippen LogP contribution in [-0.4, -0.2) is 57.6 Å². The van der Waals surface area contributed by atoms with Crippen molar-refractivity contribution in [1.29, 1.82) is 0 Å². The van der Waals surface area contributed by atoms with Crippen LogP contribution in [0.4, 0.5) is 13.2 Å². The molecule has 1 aliphatic heterocycles. The highest BCUT2D eigenvalue weighted by atomic mass is 19.4. The molecule has 0 radical (unpaired) electrons. The minimum absolute atomic E-state index is 0.179. The number of alkyl halides is 3. The van der Waals surface area contributed by atoms with Gasteiger partial charge in [-0.15, -0.1) is 0 Å². The largest absolute Gasteiger partial charge is 0.405 e. The Morgan fingerprint density at radius 2 is 2.22 bits per heavy atom. The third-order valence-electron chi connectivity index (χ3n) is 2.72. The third-order valence-corrected chi connectivity index (χ3v) is 2.72. The molecular weight excluding hydrogens is 253 g/mol. The Balaban J connectivity index is 2.19. The van der Waals surface area contributed by atoms with Crippen molar-refractivity contribution in [1.82, 2.24) is 10.6 Å². The zero-order valence-electron chi connectivity index (χ0n) is 10.1. The number of methoxy groups -OCH3 is 1. The molecule has 18 heavy (non-hydrogen) atoms. The Kier molecular flexibility index (Phi) is 5.36. The Labute approximate surface area is 103 Å². The van der Waals surface area contributed by atoms with E-state index in [4.69, 9.17) is 9.47 Å². The molecule has 0 aliphatic carbocycles. The van der Waals surface area contributed by atoms with E-state index in [1.807, 2.05) is 0 Å². The molecule has 0 spiro atoms. The molecule has 2 N–H and O–H groups in total. The summed E-state index contributed by atoms with van der Waals surface area (Å²) in [6.07, 6.45) is -3.69. The zero-order valence-corrected chi connectivity index (χ0v) is 10.1. The zero-order chi connectivity index (χ0) is 13.6. The molecular formula is C10H17F3N2O3. The highest BCUT2D eigenvalue weighted by Gasteiger charge is 2.34. The van der Waals surface area contributed by atoms with Gasteiger partial charge in [-0.25, -0.2) is 0 Å². The average molecular weight is 270 g/mol. The third kappa shape index (κ3) is 5.19. The standard InChI is InChI=1S/C10H17F3N2O3/c1-17-9(2-3-18-7-9)5-14-4-8(16)15-6-10(11,12)13/h14H,2-7H2,1H3,(H,15,16). The topological polar surface area (TPSA) is 59.6 Å². The number of rotatable bonds is 6. The van der Waals surface area contributed by atoms with Crippen LogP contribution >= 0.6 is 0 Å². The Morgan fingerprint density at radius 3 is 2.72 bits per heavy atom. The molecule has 0 aromatic heterocycles. The maximum Gasteiger partial charge on any atom is 0.405 e. The van der Waals surface area contributed by atoms with Crippen molar-refractivity contribution in [2.45, 2.75) is 18.2 Å². The van der Waals surface area contributed by atoms with Gasteiger partial charge in [-0.2, -0.15) is 13.2 Å². The number of carbonyl (C=O) groups is 1. The fourth-order valence-electron chi connectivity index (χ4n) is 1.63. The highest BCUT2D eigenvalue weighted by molar-refractivity contribution is 5.78. The lowest BCUT2D eigenvalue weighted by Crippen LogP contribution is -2.46. The van der Waals surface area contributed by atoms with Crippen LogP contribution in [0.15, 0.2) is 0 Å². The van der Waals surface area contributed by atoms with Crippen LogP contribution in [0.5, 0.6) is 0 Å².